The van der Waals surface area contributed by atoms with E-state index in [9.17, 15) is 18.8 Å². The monoisotopic (exact) mass is 361 g/mol. The molecule has 0 unspecified atom stereocenters. The van der Waals surface area contributed by atoms with Crippen molar-refractivity contribution in [2.24, 2.45) is 0 Å². The fourth-order valence-electron chi connectivity index (χ4n) is 1.88. The fraction of sp³-hybridized carbons (Fsp3) is 0.167. The van der Waals surface area contributed by atoms with E-state index >= 15 is 0 Å². The summed E-state index contributed by atoms with van der Waals surface area (Å²) in [6.45, 7) is 0.996. The summed E-state index contributed by atoms with van der Waals surface area (Å²) in [5.74, 6) is -1.36. The lowest BCUT2D eigenvalue weighted by atomic mass is 10.2. The molecule has 2 aromatic carbocycles. The van der Waals surface area contributed by atoms with Gasteiger partial charge in [0.1, 0.15) is 11.6 Å². The highest BCUT2D eigenvalue weighted by Gasteiger charge is 2.15. The van der Waals surface area contributed by atoms with Gasteiger partial charge in [-0.25, -0.2) is 9.18 Å². The highest BCUT2D eigenvalue weighted by molar-refractivity contribution is 8.00. The SMILES string of the molecule is CC(=O)CSc1ccccc1C(=O)OCC(=O)Nc1ccc(F)cc1. The molecule has 130 valence electrons. The van der Waals surface area contributed by atoms with Gasteiger partial charge in [-0.2, -0.15) is 0 Å². The van der Waals surface area contributed by atoms with Crippen LogP contribution in [-0.2, 0) is 14.3 Å². The maximum Gasteiger partial charge on any atom is 0.339 e. The van der Waals surface area contributed by atoms with Gasteiger partial charge >= 0.3 is 5.97 Å². The van der Waals surface area contributed by atoms with Gasteiger partial charge in [-0.1, -0.05) is 12.1 Å². The minimum atomic E-state index is -0.652. The van der Waals surface area contributed by atoms with E-state index in [0.717, 1.165) is 0 Å². The lowest BCUT2D eigenvalue weighted by Gasteiger charge is -2.09. The predicted molar refractivity (Wildman–Crippen MR) is 93.2 cm³/mol. The number of ketones is 1. The molecule has 0 aliphatic rings. The average Bonchev–Trinajstić information content (AvgIpc) is 2.60. The zero-order valence-corrected chi connectivity index (χ0v) is 14.3. The Morgan fingerprint density at radius 2 is 1.76 bits per heavy atom. The number of hydrogen-bond acceptors (Lipinski definition) is 5. The van der Waals surface area contributed by atoms with Crippen LogP contribution in [0.15, 0.2) is 53.4 Å². The number of carbonyl (C=O) groups is 3. The minimum Gasteiger partial charge on any atom is -0.452 e. The number of halogens is 1. The molecule has 7 heteroatoms. The smallest absolute Gasteiger partial charge is 0.339 e. The number of thioether (sulfide) groups is 1. The Balaban J connectivity index is 1.92. The molecule has 0 saturated carbocycles. The summed E-state index contributed by atoms with van der Waals surface area (Å²) in [6.07, 6.45) is 0. The molecule has 5 nitrogen and oxygen atoms in total. The number of anilines is 1. The molecule has 0 aromatic heterocycles. The van der Waals surface area contributed by atoms with E-state index in [1.54, 1.807) is 24.3 Å². The topological polar surface area (TPSA) is 72.5 Å². The summed E-state index contributed by atoms with van der Waals surface area (Å²) in [7, 11) is 0. The van der Waals surface area contributed by atoms with E-state index in [4.69, 9.17) is 4.74 Å². The van der Waals surface area contributed by atoms with Gasteiger partial charge < -0.3 is 10.1 Å². The zero-order valence-electron chi connectivity index (χ0n) is 13.5. The summed E-state index contributed by atoms with van der Waals surface area (Å²) < 4.78 is 17.8. The Morgan fingerprint density at radius 1 is 1.08 bits per heavy atom. The van der Waals surface area contributed by atoms with Crippen LogP contribution < -0.4 is 5.32 Å². The van der Waals surface area contributed by atoms with Gasteiger partial charge in [-0.15, -0.1) is 11.8 Å². The van der Waals surface area contributed by atoms with Gasteiger partial charge in [-0.3, -0.25) is 9.59 Å². The summed E-state index contributed by atoms with van der Waals surface area (Å²) in [5, 5.41) is 2.50. The molecule has 2 aromatic rings. The van der Waals surface area contributed by atoms with Gasteiger partial charge in [0.05, 0.1) is 11.3 Å². The van der Waals surface area contributed by atoms with E-state index in [-0.39, 0.29) is 11.5 Å². The van der Waals surface area contributed by atoms with Crippen molar-refractivity contribution >= 4 is 35.1 Å². The fourth-order valence-corrected chi connectivity index (χ4v) is 2.72. The molecule has 0 atom stereocenters. The first-order valence-electron chi connectivity index (χ1n) is 7.39. The summed E-state index contributed by atoms with van der Waals surface area (Å²) >= 11 is 1.24. The first-order valence-corrected chi connectivity index (χ1v) is 8.38. The van der Waals surface area contributed by atoms with Crippen molar-refractivity contribution in [3.63, 3.8) is 0 Å². The number of hydrogen-bond donors (Lipinski definition) is 1. The van der Waals surface area contributed by atoms with Crippen molar-refractivity contribution in [1.29, 1.82) is 0 Å². The molecule has 0 aliphatic heterocycles. The number of Topliss-reactive ketones (excluding diaryl/α,β-unsaturated/α-hetero) is 1. The molecular weight excluding hydrogens is 345 g/mol. The van der Waals surface area contributed by atoms with Crippen LogP contribution in [0.2, 0.25) is 0 Å². The molecular formula is C18H16FNO4S. The van der Waals surface area contributed by atoms with Gasteiger partial charge in [0.25, 0.3) is 5.91 Å². The van der Waals surface area contributed by atoms with Crippen molar-refractivity contribution in [1.82, 2.24) is 0 Å². The minimum absolute atomic E-state index is 0.00755. The molecule has 0 radical (unpaired) electrons. The first-order chi connectivity index (χ1) is 12.0. The third-order valence-corrected chi connectivity index (χ3v) is 4.22. The van der Waals surface area contributed by atoms with Gasteiger partial charge in [-0.05, 0) is 43.3 Å². The molecule has 0 bridgehead atoms. The van der Waals surface area contributed by atoms with Crippen molar-refractivity contribution in [2.45, 2.75) is 11.8 Å². The van der Waals surface area contributed by atoms with Crippen LogP contribution >= 0.6 is 11.8 Å². The number of esters is 1. The number of ether oxygens (including phenoxy) is 1. The largest absolute Gasteiger partial charge is 0.452 e. The molecule has 1 N–H and O–H groups in total. The van der Waals surface area contributed by atoms with Crippen LogP contribution in [0.25, 0.3) is 0 Å². The summed E-state index contributed by atoms with van der Waals surface area (Å²) in [4.78, 5) is 35.7. The van der Waals surface area contributed by atoms with E-state index in [2.05, 4.69) is 5.32 Å². The van der Waals surface area contributed by atoms with Crippen LogP contribution in [0.4, 0.5) is 10.1 Å². The number of carbonyl (C=O) groups excluding carboxylic acids is 3. The zero-order chi connectivity index (χ0) is 18.2. The second-order valence-corrected chi connectivity index (χ2v) is 6.14. The molecule has 1 amide bonds. The Hall–Kier alpha value is -2.67. The Labute approximate surface area is 148 Å². The average molecular weight is 361 g/mol. The quantitative estimate of drug-likeness (QED) is 0.605. The number of amides is 1. The van der Waals surface area contributed by atoms with Crippen molar-refractivity contribution < 1.29 is 23.5 Å². The molecule has 25 heavy (non-hydrogen) atoms. The molecule has 0 saturated heterocycles. The Bertz CT molecular complexity index is 777. The van der Waals surface area contributed by atoms with Gasteiger partial charge in [0.15, 0.2) is 6.61 Å². The van der Waals surface area contributed by atoms with Gasteiger partial charge in [0.2, 0.25) is 0 Å². The molecule has 2 rings (SSSR count). The molecule has 0 aliphatic carbocycles. The molecule has 0 fully saturated rings. The van der Waals surface area contributed by atoms with Crippen LogP contribution in [0.3, 0.4) is 0 Å². The number of rotatable bonds is 7. The Morgan fingerprint density at radius 3 is 2.44 bits per heavy atom. The van der Waals surface area contributed by atoms with Crippen molar-refractivity contribution in [3.8, 4) is 0 Å². The van der Waals surface area contributed by atoms with E-state index in [1.807, 2.05) is 0 Å². The highest BCUT2D eigenvalue weighted by Crippen LogP contribution is 2.23. The van der Waals surface area contributed by atoms with Crippen LogP contribution in [-0.4, -0.2) is 30.0 Å². The first kappa shape index (κ1) is 18.7. The summed E-state index contributed by atoms with van der Waals surface area (Å²) in [6, 6.07) is 11.9. The third-order valence-electron chi connectivity index (χ3n) is 3.00. The van der Waals surface area contributed by atoms with E-state index in [1.165, 1.54) is 43.0 Å². The predicted octanol–water partition coefficient (Wildman–Crippen LogP) is 3.30. The second-order valence-electron chi connectivity index (χ2n) is 5.12. The molecule has 0 spiro atoms. The van der Waals surface area contributed by atoms with Crippen LogP contribution in [0.5, 0.6) is 0 Å². The van der Waals surface area contributed by atoms with Gasteiger partial charge in [0, 0.05) is 10.6 Å². The maximum absolute atomic E-state index is 12.8. The summed E-state index contributed by atoms with van der Waals surface area (Å²) in [5.41, 5.74) is 0.697. The van der Waals surface area contributed by atoms with Crippen LogP contribution in [0, 0.1) is 5.82 Å². The molecule has 0 heterocycles. The number of nitrogens with one attached hydrogen (secondary N) is 1. The third kappa shape index (κ3) is 6.04. The van der Waals surface area contributed by atoms with Crippen molar-refractivity contribution in [3.05, 3.63) is 59.9 Å². The lowest BCUT2D eigenvalue weighted by Crippen LogP contribution is -2.21. The lowest BCUT2D eigenvalue weighted by molar-refractivity contribution is -0.119. The second kappa shape index (κ2) is 8.98. The number of benzene rings is 2. The van der Waals surface area contributed by atoms with E-state index in [0.29, 0.717) is 16.1 Å². The van der Waals surface area contributed by atoms with Crippen LogP contribution in [0.1, 0.15) is 17.3 Å². The Kier molecular flexibility index (Phi) is 6.71. The normalized spacial score (nSPS) is 10.2. The maximum atomic E-state index is 12.8. The standard InChI is InChI=1S/C18H16FNO4S/c1-12(21)11-25-16-5-3-2-4-15(16)18(23)24-10-17(22)20-14-8-6-13(19)7-9-14/h2-9H,10-11H2,1H3,(H,20,22). The highest BCUT2D eigenvalue weighted by atomic mass is 32.2. The van der Waals surface area contributed by atoms with E-state index < -0.39 is 24.3 Å². The van der Waals surface area contributed by atoms with Crippen molar-refractivity contribution in [2.75, 3.05) is 17.7 Å².